The summed E-state index contributed by atoms with van der Waals surface area (Å²) < 4.78 is 3.70. The Labute approximate surface area is 105 Å². The zero-order valence-electron chi connectivity index (χ0n) is 4.83. The van der Waals surface area contributed by atoms with E-state index in [9.17, 15) is 5.11 Å². The van der Waals surface area contributed by atoms with Crippen LogP contribution < -0.4 is 56.5 Å². The van der Waals surface area contributed by atoms with Crippen molar-refractivity contribution in [2.75, 3.05) is 0 Å². The van der Waals surface area contributed by atoms with Gasteiger partial charge in [-0.1, -0.05) is 12.2 Å². The van der Waals surface area contributed by atoms with Crippen LogP contribution in [0.3, 0.4) is 0 Å². The second-order valence-corrected chi connectivity index (χ2v) is 2.23. The molecule has 0 spiro atoms. The predicted molar refractivity (Wildman–Crippen MR) is 33.8 cm³/mol. The minimum atomic E-state index is -0.334. The quantitative estimate of drug-likeness (QED) is 0.348. The molecule has 0 aliphatic carbocycles. The van der Waals surface area contributed by atoms with Crippen LogP contribution in [0.1, 0.15) is 5.56 Å². The van der Waals surface area contributed by atoms with Crippen molar-refractivity contribution in [3.8, 4) is 0 Å². The summed E-state index contributed by atoms with van der Waals surface area (Å²) in [5.41, 5.74) is 0.519. The van der Waals surface area contributed by atoms with Gasteiger partial charge in [-0.25, -0.2) is 4.37 Å². The number of hydrogen-bond acceptors (Lipinski definition) is 4. The zero-order chi connectivity index (χ0) is 5.98. The summed E-state index contributed by atoms with van der Waals surface area (Å²) in [7, 11) is 0. The van der Waals surface area contributed by atoms with Crippen molar-refractivity contribution in [2.45, 2.75) is 0 Å². The molecule has 0 amide bonds. The van der Waals surface area contributed by atoms with Gasteiger partial charge in [0.1, 0.15) is 0 Å². The molecule has 1 heterocycles. The van der Waals surface area contributed by atoms with Gasteiger partial charge in [0.05, 0.1) is 0 Å². The topological polar surface area (TPSA) is 36.0 Å². The van der Waals surface area contributed by atoms with E-state index in [1.54, 1.807) is 5.38 Å². The van der Waals surface area contributed by atoms with E-state index >= 15 is 0 Å². The maximum absolute atomic E-state index is 10.3. The van der Waals surface area contributed by atoms with Gasteiger partial charge in [-0.2, -0.15) is 0 Å². The maximum atomic E-state index is 10.3. The molecule has 0 atom stereocenters. The van der Waals surface area contributed by atoms with Crippen LogP contribution in [0.2, 0.25) is 0 Å². The Morgan fingerprint density at radius 2 is 2.44 bits per heavy atom. The van der Waals surface area contributed by atoms with E-state index in [1.165, 1.54) is 17.7 Å². The average Bonchev–Trinajstić information content (AvgIpc) is 2.12. The van der Waals surface area contributed by atoms with Gasteiger partial charge in [0, 0.05) is 17.1 Å². The molecule has 0 aromatic carbocycles. The Morgan fingerprint density at radius 3 is 2.67 bits per heavy atom. The van der Waals surface area contributed by atoms with E-state index in [0.717, 1.165) is 0 Å². The fourth-order valence-corrected chi connectivity index (χ4v) is 1.01. The Hall–Kier alpha value is 1.16. The van der Waals surface area contributed by atoms with Crippen molar-refractivity contribution < 1.29 is 56.5 Å². The molecule has 2 nitrogen and oxygen atoms in total. The van der Waals surface area contributed by atoms with Gasteiger partial charge in [0.15, 0.2) is 0 Å². The Bertz CT molecular complexity index is 186. The second kappa shape index (κ2) is 4.89. The molecule has 0 aliphatic heterocycles. The third-order valence-electron chi connectivity index (χ3n) is 0.668. The molecule has 1 rings (SSSR count). The standard InChI is InChI=1S/C4H3NOS2.K/c6-4(7)3-1-5-8-2-3;/h1-2H,(H,6,7);/q;+1/p-1. The molecule has 1 aromatic heterocycles. The number of aromatic nitrogens is 1. The number of nitrogens with zero attached hydrogens (tertiary/aromatic N) is 1. The average molecular weight is 183 g/mol. The molecule has 5 heteroatoms. The van der Waals surface area contributed by atoms with Crippen molar-refractivity contribution in [3.63, 3.8) is 0 Å². The molecule has 1 aromatic rings. The smallest absolute Gasteiger partial charge is 0.864 e. The summed E-state index contributed by atoms with van der Waals surface area (Å²) in [4.78, 5) is 0. The van der Waals surface area contributed by atoms with Crippen molar-refractivity contribution in [1.29, 1.82) is 0 Å². The third-order valence-corrected chi connectivity index (χ3v) is 1.49. The van der Waals surface area contributed by atoms with Crippen LogP contribution in [-0.4, -0.2) is 9.42 Å². The summed E-state index contributed by atoms with van der Waals surface area (Å²) in [6.07, 6.45) is 1.47. The van der Waals surface area contributed by atoms with E-state index in [0.29, 0.717) is 5.56 Å². The summed E-state index contributed by atoms with van der Waals surface area (Å²) in [6, 6.07) is 0. The van der Waals surface area contributed by atoms with Crippen LogP contribution in [0, 0.1) is 0 Å². The van der Waals surface area contributed by atoms with Crippen LogP contribution in [0.15, 0.2) is 11.6 Å². The molecule has 0 aliphatic rings. The van der Waals surface area contributed by atoms with Crippen LogP contribution in [0.5, 0.6) is 0 Å². The largest absolute Gasteiger partial charge is 1.00 e. The molecule has 0 N–H and O–H groups in total. The normalized spacial score (nSPS) is 8.00. The molecule has 9 heavy (non-hydrogen) atoms. The first-order valence-electron chi connectivity index (χ1n) is 1.91. The number of hydrogen-bond donors (Lipinski definition) is 0. The van der Waals surface area contributed by atoms with Crippen molar-refractivity contribution in [3.05, 3.63) is 17.1 Å². The van der Waals surface area contributed by atoms with E-state index in [2.05, 4.69) is 16.6 Å². The summed E-state index contributed by atoms with van der Waals surface area (Å²) in [6.45, 7) is 0. The molecule has 0 bridgehead atoms. The Kier molecular flexibility index (Phi) is 5.52. The van der Waals surface area contributed by atoms with Gasteiger partial charge in [-0.05, 0) is 16.6 Å². The fourth-order valence-electron chi connectivity index (χ4n) is 0.306. The molecular formula is C4H2KNOS2. The van der Waals surface area contributed by atoms with Crippen LogP contribution in [-0.2, 0) is 0 Å². The zero-order valence-corrected chi connectivity index (χ0v) is 9.58. The van der Waals surface area contributed by atoms with Gasteiger partial charge in [0.2, 0.25) is 0 Å². The van der Waals surface area contributed by atoms with E-state index in [1.807, 2.05) is 0 Å². The Morgan fingerprint density at radius 1 is 1.78 bits per heavy atom. The van der Waals surface area contributed by atoms with Gasteiger partial charge < -0.3 is 5.11 Å². The SMILES string of the molecule is [K+].[O-]C(=S)c1cnsc1. The van der Waals surface area contributed by atoms with Crippen molar-refractivity contribution in [1.82, 2.24) is 4.37 Å². The first-order chi connectivity index (χ1) is 3.80. The monoisotopic (exact) mass is 183 g/mol. The molecule has 0 saturated carbocycles. The van der Waals surface area contributed by atoms with E-state index in [4.69, 9.17) is 0 Å². The van der Waals surface area contributed by atoms with Gasteiger partial charge in [0.25, 0.3) is 0 Å². The predicted octanol–water partition coefficient (Wildman–Crippen LogP) is -2.82. The minimum Gasteiger partial charge on any atom is -0.864 e. The van der Waals surface area contributed by atoms with Crippen molar-refractivity contribution >= 4 is 28.8 Å². The van der Waals surface area contributed by atoms with Crippen molar-refractivity contribution in [2.24, 2.45) is 0 Å². The first kappa shape index (κ1) is 10.2. The number of thiocarbonyl (C=S) groups is 1. The third kappa shape index (κ3) is 3.17. The van der Waals surface area contributed by atoms with E-state index in [-0.39, 0.29) is 56.4 Å². The maximum Gasteiger partial charge on any atom is 1.00 e. The van der Waals surface area contributed by atoms with E-state index < -0.39 is 0 Å². The summed E-state index contributed by atoms with van der Waals surface area (Å²) in [5.74, 6) is 0. The van der Waals surface area contributed by atoms with Gasteiger partial charge >= 0.3 is 51.4 Å². The van der Waals surface area contributed by atoms with Crippen LogP contribution in [0.4, 0.5) is 0 Å². The molecular weight excluding hydrogens is 181 g/mol. The molecule has 0 unspecified atom stereocenters. The summed E-state index contributed by atoms with van der Waals surface area (Å²) >= 11 is 5.56. The Balaban J connectivity index is 0.000000640. The van der Waals surface area contributed by atoms with Crippen LogP contribution >= 0.6 is 23.8 Å². The number of rotatable bonds is 1. The molecule has 0 fully saturated rings. The first-order valence-corrected chi connectivity index (χ1v) is 3.16. The fraction of sp³-hybridized carbons (Fsp3) is 0. The molecule has 0 saturated heterocycles. The van der Waals surface area contributed by atoms with Gasteiger partial charge in [-0.3, -0.25) is 0 Å². The molecule has 0 radical (unpaired) electrons. The van der Waals surface area contributed by atoms with Crippen LogP contribution in [0.25, 0.3) is 0 Å². The minimum absolute atomic E-state index is 0. The summed E-state index contributed by atoms with van der Waals surface area (Å²) in [5, 5.41) is 11.6. The molecule has 42 valence electrons. The second-order valence-electron chi connectivity index (χ2n) is 1.20. The van der Waals surface area contributed by atoms with Gasteiger partial charge in [-0.15, -0.1) is 0 Å².